The van der Waals surface area contributed by atoms with Gasteiger partial charge in [-0.2, -0.15) is 0 Å². The zero-order valence-corrected chi connectivity index (χ0v) is 9.33. The van der Waals surface area contributed by atoms with Crippen LogP contribution < -0.4 is 11.1 Å². The summed E-state index contributed by atoms with van der Waals surface area (Å²) >= 11 is 0. The van der Waals surface area contributed by atoms with E-state index in [9.17, 15) is 14.0 Å². The predicted molar refractivity (Wildman–Crippen MR) is 60.0 cm³/mol. The Morgan fingerprint density at radius 3 is 2.76 bits per heavy atom. The van der Waals surface area contributed by atoms with Crippen LogP contribution in [0.15, 0.2) is 18.2 Å². The van der Waals surface area contributed by atoms with Crippen molar-refractivity contribution in [3.05, 3.63) is 29.6 Å². The minimum Gasteiger partial charge on any atom is -0.372 e. The number of primary amides is 1. The quantitative estimate of drug-likeness (QED) is 0.802. The molecule has 0 atom stereocenters. The molecular weight excluding hydrogens is 227 g/mol. The fourth-order valence-electron chi connectivity index (χ4n) is 1.16. The van der Waals surface area contributed by atoms with Crippen LogP contribution in [0.3, 0.4) is 0 Å². The molecule has 17 heavy (non-hydrogen) atoms. The summed E-state index contributed by atoms with van der Waals surface area (Å²) in [5.74, 6) is -1.82. The van der Waals surface area contributed by atoms with Crippen molar-refractivity contribution in [3.8, 4) is 0 Å². The number of anilines is 1. The van der Waals surface area contributed by atoms with Crippen LogP contribution >= 0.6 is 0 Å². The summed E-state index contributed by atoms with van der Waals surface area (Å²) in [6, 6.07) is 3.49. The largest absolute Gasteiger partial charge is 0.372 e. The van der Waals surface area contributed by atoms with Crippen molar-refractivity contribution in [1.82, 2.24) is 0 Å². The number of rotatable bonds is 5. The van der Waals surface area contributed by atoms with E-state index >= 15 is 0 Å². The van der Waals surface area contributed by atoms with Gasteiger partial charge < -0.3 is 15.8 Å². The second kappa shape index (κ2) is 5.95. The zero-order chi connectivity index (χ0) is 12.8. The summed E-state index contributed by atoms with van der Waals surface area (Å²) in [5.41, 5.74) is 5.08. The molecule has 6 heteroatoms. The third-order valence-corrected chi connectivity index (χ3v) is 1.96. The molecule has 5 nitrogen and oxygen atoms in total. The Hall–Kier alpha value is -1.95. The SMILES string of the molecule is CCOCC(=O)Nc1cc(C(N)=O)ccc1F. The molecule has 2 amide bonds. The van der Waals surface area contributed by atoms with Gasteiger partial charge in [0.1, 0.15) is 12.4 Å². The van der Waals surface area contributed by atoms with Crippen molar-refractivity contribution in [2.75, 3.05) is 18.5 Å². The predicted octanol–water partition coefficient (Wildman–Crippen LogP) is 0.900. The number of carbonyl (C=O) groups excluding carboxylic acids is 2. The Morgan fingerprint density at radius 1 is 1.47 bits per heavy atom. The van der Waals surface area contributed by atoms with E-state index in [0.717, 1.165) is 6.07 Å². The molecule has 0 radical (unpaired) electrons. The number of hydrogen-bond acceptors (Lipinski definition) is 3. The van der Waals surface area contributed by atoms with Crippen molar-refractivity contribution < 1.29 is 18.7 Å². The molecule has 0 aliphatic rings. The Kier molecular flexibility index (Phi) is 4.59. The Bertz CT molecular complexity index is 435. The lowest BCUT2D eigenvalue weighted by molar-refractivity contribution is -0.120. The summed E-state index contributed by atoms with van der Waals surface area (Å²) < 4.78 is 18.2. The van der Waals surface area contributed by atoms with Gasteiger partial charge in [-0.1, -0.05) is 0 Å². The van der Waals surface area contributed by atoms with Crippen LogP contribution in [0.25, 0.3) is 0 Å². The highest BCUT2D eigenvalue weighted by atomic mass is 19.1. The molecule has 0 saturated heterocycles. The molecule has 0 aliphatic heterocycles. The molecule has 1 aromatic carbocycles. The Balaban J connectivity index is 2.79. The summed E-state index contributed by atoms with van der Waals surface area (Å²) in [7, 11) is 0. The summed E-state index contributed by atoms with van der Waals surface area (Å²) in [6.07, 6.45) is 0. The van der Waals surface area contributed by atoms with E-state index < -0.39 is 17.6 Å². The lowest BCUT2D eigenvalue weighted by Gasteiger charge is -2.07. The Morgan fingerprint density at radius 2 is 2.18 bits per heavy atom. The third kappa shape index (κ3) is 3.84. The fourth-order valence-corrected chi connectivity index (χ4v) is 1.16. The number of carbonyl (C=O) groups is 2. The van der Waals surface area contributed by atoms with E-state index in [1.807, 2.05) is 0 Å². The number of ether oxygens (including phenoxy) is 1. The third-order valence-electron chi connectivity index (χ3n) is 1.96. The molecule has 3 N–H and O–H groups in total. The number of hydrogen-bond donors (Lipinski definition) is 2. The maximum Gasteiger partial charge on any atom is 0.250 e. The van der Waals surface area contributed by atoms with Crippen molar-refractivity contribution in [1.29, 1.82) is 0 Å². The Labute approximate surface area is 97.7 Å². The number of halogens is 1. The van der Waals surface area contributed by atoms with Crippen molar-refractivity contribution in [2.45, 2.75) is 6.92 Å². The van der Waals surface area contributed by atoms with E-state index in [2.05, 4.69) is 5.32 Å². The van der Waals surface area contributed by atoms with Crippen LogP contribution in [0.2, 0.25) is 0 Å². The molecule has 0 saturated carbocycles. The summed E-state index contributed by atoms with van der Waals surface area (Å²) in [4.78, 5) is 22.2. The van der Waals surface area contributed by atoms with Gasteiger partial charge in [0.15, 0.2) is 0 Å². The smallest absolute Gasteiger partial charge is 0.250 e. The monoisotopic (exact) mass is 240 g/mol. The summed E-state index contributed by atoms with van der Waals surface area (Å²) in [6.45, 7) is 1.95. The molecule has 1 rings (SSSR count). The number of benzene rings is 1. The molecule has 0 unspecified atom stereocenters. The minimum atomic E-state index is -0.690. The highest BCUT2D eigenvalue weighted by Crippen LogP contribution is 2.15. The fraction of sp³-hybridized carbons (Fsp3) is 0.273. The maximum atomic E-state index is 13.3. The average molecular weight is 240 g/mol. The van der Waals surface area contributed by atoms with Crippen molar-refractivity contribution >= 4 is 17.5 Å². The van der Waals surface area contributed by atoms with Crippen molar-refractivity contribution in [2.24, 2.45) is 5.73 Å². The molecular formula is C11H13FN2O3. The maximum absolute atomic E-state index is 13.3. The van der Waals surface area contributed by atoms with Gasteiger partial charge in [0.25, 0.3) is 0 Å². The van der Waals surface area contributed by atoms with Gasteiger partial charge in [-0.05, 0) is 25.1 Å². The summed E-state index contributed by atoms with van der Waals surface area (Å²) in [5, 5.41) is 2.29. The van der Waals surface area contributed by atoms with Gasteiger partial charge in [-0.25, -0.2) is 4.39 Å². The zero-order valence-electron chi connectivity index (χ0n) is 9.33. The van der Waals surface area contributed by atoms with Crippen LogP contribution in [0.1, 0.15) is 17.3 Å². The first kappa shape index (κ1) is 13.1. The molecule has 0 fully saturated rings. The van der Waals surface area contributed by atoms with E-state index in [1.165, 1.54) is 12.1 Å². The molecule has 0 aliphatic carbocycles. The van der Waals surface area contributed by atoms with Crippen LogP contribution in [-0.4, -0.2) is 25.0 Å². The molecule has 0 heterocycles. The number of nitrogens with two attached hydrogens (primary N) is 1. The lowest BCUT2D eigenvalue weighted by Crippen LogP contribution is -2.19. The van der Waals surface area contributed by atoms with E-state index in [0.29, 0.717) is 6.61 Å². The number of nitrogens with one attached hydrogen (secondary N) is 1. The first-order valence-corrected chi connectivity index (χ1v) is 5.01. The van der Waals surface area contributed by atoms with E-state index in [1.54, 1.807) is 6.92 Å². The highest BCUT2D eigenvalue weighted by Gasteiger charge is 2.10. The van der Waals surface area contributed by atoms with Gasteiger partial charge in [-0.15, -0.1) is 0 Å². The highest BCUT2D eigenvalue weighted by molar-refractivity contribution is 5.96. The second-order valence-corrected chi connectivity index (χ2v) is 3.24. The number of amides is 2. The molecule has 1 aromatic rings. The van der Waals surface area contributed by atoms with Gasteiger partial charge in [0, 0.05) is 12.2 Å². The van der Waals surface area contributed by atoms with Gasteiger partial charge in [0.2, 0.25) is 11.8 Å². The van der Waals surface area contributed by atoms with E-state index in [4.69, 9.17) is 10.5 Å². The van der Waals surface area contributed by atoms with Crippen LogP contribution in [0.4, 0.5) is 10.1 Å². The normalized spacial score (nSPS) is 10.0. The van der Waals surface area contributed by atoms with Crippen LogP contribution in [0, 0.1) is 5.82 Å². The van der Waals surface area contributed by atoms with Gasteiger partial charge in [0.05, 0.1) is 5.69 Å². The van der Waals surface area contributed by atoms with Crippen molar-refractivity contribution in [3.63, 3.8) is 0 Å². The first-order valence-electron chi connectivity index (χ1n) is 5.01. The van der Waals surface area contributed by atoms with Crippen LogP contribution in [-0.2, 0) is 9.53 Å². The molecule has 0 spiro atoms. The standard InChI is InChI=1S/C11H13FN2O3/c1-2-17-6-10(15)14-9-5-7(11(13)16)3-4-8(9)12/h3-5H,2,6H2,1H3,(H2,13,16)(H,14,15). The topological polar surface area (TPSA) is 81.4 Å². The lowest BCUT2D eigenvalue weighted by atomic mass is 10.2. The minimum absolute atomic E-state index is 0.0917. The molecule has 0 aromatic heterocycles. The molecule has 0 bridgehead atoms. The van der Waals surface area contributed by atoms with Gasteiger partial charge >= 0.3 is 0 Å². The van der Waals surface area contributed by atoms with Crippen LogP contribution in [0.5, 0.6) is 0 Å². The second-order valence-electron chi connectivity index (χ2n) is 3.24. The van der Waals surface area contributed by atoms with Gasteiger partial charge in [-0.3, -0.25) is 9.59 Å². The average Bonchev–Trinajstić information content (AvgIpc) is 2.29. The first-order chi connectivity index (χ1) is 8.04. The molecule has 92 valence electrons. The van der Waals surface area contributed by atoms with E-state index in [-0.39, 0.29) is 17.9 Å².